The van der Waals surface area contributed by atoms with Crippen LogP contribution in [0.25, 0.3) is 27.3 Å². The van der Waals surface area contributed by atoms with Crippen LogP contribution in [0.4, 0.5) is 5.82 Å². The minimum absolute atomic E-state index is 0.00565. The lowest BCUT2D eigenvalue weighted by atomic mass is 9.91. The van der Waals surface area contributed by atoms with Gasteiger partial charge in [0.1, 0.15) is 46.2 Å². The van der Waals surface area contributed by atoms with Crippen LogP contribution in [-0.2, 0) is 9.59 Å². The molecule has 3 atom stereocenters. The molecule has 2 aliphatic heterocycles. The summed E-state index contributed by atoms with van der Waals surface area (Å²) in [6.07, 6.45) is 14.2. The average molecular weight is 951 g/mol. The van der Waals surface area contributed by atoms with Gasteiger partial charge in [0.05, 0.1) is 23.1 Å². The Labute approximate surface area is 405 Å². The second kappa shape index (κ2) is 20.7. The van der Waals surface area contributed by atoms with Gasteiger partial charge in [-0.2, -0.15) is 5.10 Å². The van der Waals surface area contributed by atoms with Crippen LogP contribution in [0.15, 0.2) is 102 Å². The molecule has 0 bridgehead atoms. The molecule has 4 aromatic heterocycles. The Kier molecular flexibility index (Phi) is 14.1. The number of anilines is 1. The Hall–Kier alpha value is -6.71. The minimum atomic E-state index is -0.591. The highest BCUT2D eigenvalue weighted by Crippen LogP contribution is 2.42. The zero-order valence-electron chi connectivity index (χ0n) is 38.6. The fourth-order valence-corrected chi connectivity index (χ4v) is 10.8. The number of nitrogen functional groups attached to an aromatic ring is 1. The fourth-order valence-electron chi connectivity index (χ4n) is 9.42. The van der Waals surface area contributed by atoms with Gasteiger partial charge in [0.25, 0.3) is 0 Å². The lowest BCUT2D eigenvalue weighted by Gasteiger charge is -2.32. The highest BCUT2D eigenvalue weighted by atomic mass is 35.5. The first-order valence-electron chi connectivity index (χ1n) is 23.5. The molecule has 0 aliphatic carbocycles. The van der Waals surface area contributed by atoms with E-state index in [0.717, 1.165) is 102 Å². The van der Waals surface area contributed by atoms with Gasteiger partial charge in [-0.3, -0.25) is 19.1 Å². The number of nitrogens with zero attached hydrogens (tertiary/aromatic N) is 9. The number of allylic oxidation sites excluding steroid dienone is 1. The van der Waals surface area contributed by atoms with Crippen molar-refractivity contribution < 1.29 is 14.3 Å². The number of nitrogens with two attached hydrogens (primary N) is 2. The average Bonchev–Trinajstić information content (AvgIpc) is 3.99. The zero-order valence-corrected chi connectivity index (χ0v) is 40.2. The molecule has 0 saturated carbocycles. The fraction of sp³-hybridized carbons (Fsp3) is 0.346. The molecule has 9 rings (SSSR count). The van der Waals surface area contributed by atoms with Crippen molar-refractivity contribution in [3.8, 4) is 27.8 Å². The van der Waals surface area contributed by atoms with Gasteiger partial charge in [0.2, 0.25) is 11.8 Å². The van der Waals surface area contributed by atoms with E-state index in [2.05, 4.69) is 38.6 Å². The van der Waals surface area contributed by atoms with Crippen molar-refractivity contribution in [1.29, 1.82) is 0 Å². The number of fused-ring (bicyclic) bond motifs is 4. The number of ether oxygens (including phenoxy) is 1. The summed E-state index contributed by atoms with van der Waals surface area (Å²) in [6, 6.07) is 24.4. The molecule has 16 heteroatoms. The molecule has 4 N–H and O–H groups in total. The predicted molar refractivity (Wildman–Crippen MR) is 269 cm³/mol. The molecular formula is C52H56ClN11O3S. The molecule has 350 valence electrons. The molecule has 6 heterocycles. The molecule has 68 heavy (non-hydrogen) atoms. The maximum absolute atomic E-state index is 13.5. The molecule has 1 saturated heterocycles. The molecule has 2 amide bonds. The van der Waals surface area contributed by atoms with Gasteiger partial charge >= 0.3 is 0 Å². The lowest BCUT2D eigenvalue weighted by molar-refractivity contribution is -0.127. The predicted octanol–water partition coefficient (Wildman–Crippen LogP) is 10.6. The van der Waals surface area contributed by atoms with E-state index < -0.39 is 17.9 Å². The first-order chi connectivity index (χ1) is 33.0. The van der Waals surface area contributed by atoms with Crippen LogP contribution >= 0.6 is 22.9 Å². The second-order valence-electron chi connectivity index (χ2n) is 17.7. The number of likely N-dealkylation sites (tertiary alicyclic amines) is 1. The van der Waals surface area contributed by atoms with Crippen LogP contribution in [0.3, 0.4) is 0 Å². The SMILES string of the molecule is Cc1sc2c(c1C)C(c1ccc(Cl)cc1)=N[C@@H](C(CCCCCCCC/C=C/C(=O)N1CCC[C@@H](n3nc(-c4ccc(Oc5ccccc5)cc4)c4c(N)ncnc43)C1)C(N)=O)c1nnc(C)n1-2. The minimum Gasteiger partial charge on any atom is -0.457 e. The van der Waals surface area contributed by atoms with Crippen molar-refractivity contribution in [3.63, 3.8) is 0 Å². The number of aliphatic imine (C=N–C) groups is 1. The molecule has 1 unspecified atom stereocenters. The smallest absolute Gasteiger partial charge is 0.246 e. The summed E-state index contributed by atoms with van der Waals surface area (Å²) < 4.78 is 9.99. The van der Waals surface area contributed by atoms with E-state index in [-0.39, 0.29) is 11.9 Å². The Morgan fingerprint density at radius 1 is 0.897 bits per heavy atom. The van der Waals surface area contributed by atoms with Gasteiger partial charge in [-0.25, -0.2) is 14.6 Å². The van der Waals surface area contributed by atoms with Crippen LogP contribution in [0.5, 0.6) is 11.5 Å². The molecule has 0 radical (unpaired) electrons. The van der Waals surface area contributed by atoms with Gasteiger partial charge in [-0.05, 0) is 113 Å². The molecule has 2 aliphatic rings. The first-order valence-corrected chi connectivity index (χ1v) is 24.7. The van der Waals surface area contributed by atoms with Crippen LogP contribution in [0.1, 0.15) is 110 Å². The molecule has 0 spiro atoms. The number of carbonyl (C=O) groups is 2. The Morgan fingerprint density at radius 2 is 1.62 bits per heavy atom. The largest absolute Gasteiger partial charge is 0.457 e. The van der Waals surface area contributed by atoms with Gasteiger partial charge in [0, 0.05) is 39.7 Å². The normalized spacial score (nSPS) is 16.4. The highest BCUT2D eigenvalue weighted by Gasteiger charge is 2.37. The van der Waals surface area contributed by atoms with E-state index in [9.17, 15) is 9.59 Å². The van der Waals surface area contributed by atoms with Gasteiger partial charge in [-0.15, -0.1) is 21.5 Å². The van der Waals surface area contributed by atoms with Crippen molar-refractivity contribution in [2.45, 2.75) is 97.1 Å². The molecular weight excluding hydrogens is 894 g/mol. The van der Waals surface area contributed by atoms with Gasteiger partial charge < -0.3 is 21.1 Å². The van der Waals surface area contributed by atoms with Crippen LogP contribution < -0.4 is 16.2 Å². The third-order valence-electron chi connectivity index (χ3n) is 13.1. The summed E-state index contributed by atoms with van der Waals surface area (Å²) in [6.45, 7) is 7.37. The summed E-state index contributed by atoms with van der Waals surface area (Å²) in [7, 11) is 0. The van der Waals surface area contributed by atoms with E-state index in [1.54, 1.807) is 17.4 Å². The van der Waals surface area contributed by atoms with Crippen molar-refractivity contribution in [3.05, 3.63) is 136 Å². The molecule has 1 fully saturated rings. The number of piperidine rings is 1. The van der Waals surface area contributed by atoms with Gasteiger partial charge in [-0.1, -0.05) is 80.1 Å². The Bertz CT molecular complexity index is 2980. The summed E-state index contributed by atoms with van der Waals surface area (Å²) in [5.74, 6) is 2.27. The van der Waals surface area contributed by atoms with Gasteiger partial charge in [0.15, 0.2) is 11.5 Å². The molecule has 14 nitrogen and oxygen atoms in total. The monoisotopic (exact) mass is 949 g/mol. The number of halogens is 1. The third kappa shape index (κ3) is 9.81. The summed E-state index contributed by atoms with van der Waals surface area (Å²) in [5, 5.41) is 16.4. The number of unbranched alkanes of at least 4 members (excludes halogenated alkanes) is 6. The van der Waals surface area contributed by atoms with Crippen molar-refractivity contribution in [2.24, 2.45) is 16.6 Å². The third-order valence-corrected chi connectivity index (χ3v) is 14.6. The highest BCUT2D eigenvalue weighted by molar-refractivity contribution is 7.15. The summed E-state index contributed by atoms with van der Waals surface area (Å²) >= 11 is 7.98. The van der Waals surface area contributed by atoms with E-state index in [1.807, 2.05) is 101 Å². The lowest BCUT2D eigenvalue weighted by Crippen LogP contribution is -2.40. The number of amides is 2. The second-order valence-corrected chi connectivity index (χ2v) is 19.4. The van der Waals surface area contributed by atoms with Crippen molar-refractivity contribution in [2.75, 3.05) is 18.8 Å². The van der Waals surface area contributed by atoms with E-state index in [4.69, 9.17) is 37.9 Å². The zero-order chi connectivity index (χ0) is 47.3. The number of carbonyl (C=O) groups excluding carboxylic acids is 2. The first kappa shape index (κ1) is 46.4. The summed E-state index contributed by atoms with van der Waals surface area (Å²) in [4.78, 5) is 44.0. The number of aryl methyl sites for hydroxylation is 2. The number of primary amides is 1. The van der Waals surface area contributed by atoms with Crippen LogP contribution in [0.2, 0.25) is 5.02 Å². The Morgan fingerprint density at radius 3 is 2.38 bits per heavy atom. The van der Waals surface area contributed by atoms with Crippen molar-refractivity contribution in [1.82, 2.24) is 39.4 Å². The number of thiophene rings is 1. The van der Waals surface area contributed by atoms with Crippen molar-refractivity contribution >= 4 is 57.3 Å². The van der Waals surface area contributed by atoms with E-state index in [0.29, 0.717) is 58.7 Å². The number of benzene rings is 3. The number of hydrogen-bond donors (Lipinski definition) is 2. The summed E-state index contributed by atoms with van der Waals surface area (Å²) in [5.41, 5.74) is 18.7. The number of aromatic nitrogens is 7. The topological polar surface area (TPSA) is 185 Å². The van der Waals surface area contributed by atoms with E-state index >= 15 is 0 Å². The van der Waals surface area contributed by atoms with Crippen LogP contribution in [-0.4, -0.2) is 70.0 Å². The standard InChI is InChI=1S/C52H56ClN11O3S/c1-32-33(2)68-52-43(32)45(35-21-25-37(53)26-22-35)58-47(51-60-59-34(3)63(51)52)41(49(55)66)19-13-8-6-4-5-7-9-14-20-42(65)62-29-15-16-38(30-62)64-50-44(48(54)56-31-57-50)46(61-64)36-23-27-40(28-24-36)67-39-17-11-10-12-18-39/h10-12,14,17-18,20-28,31,38,41,47H,4-9,13,15-16,19,29-30H2,1-3H3,(H2,55,66)(H2,54,56,57)/b20-14+/t38-,41?,47+/m1/s1. The molecule has 3 aromatic carbocycles. The van der Waals surface area contributed by atoms with Crippen LogP contribution in [0, 0.1) is 26.7 Å². The van der Waals surface area contributed by atoms with E-state index in [1.165, 1.54) is 11.2 Å². The number of hydrogen-bond acceptors (Lipinski definition) is 11. The maximum atomic E-state index is 13.5. The Balaban J connectivity index is 0.764. The number of rotatable bonds is 17. The maximum Gasteiger partial charge on any atom is 0.246 e. The quantitative estimate of drug-likeness (QED) is 0.0662. The molecule has 7 aromatic rings. The number of para-hydroxylation sites is 1.